The number of carbonyl (C=O) groups is 1. The van der Waals surface area contributed by atoms with Crippen LogP contribution >= 0.6 is 23.8 Å². The number of hydrogen-bond acceptors (Lipinski definition) is 4. The summed E-state index contributed by atoms with van der Waals surface area (Å²) in [4.78, 5) is 18.9. The number of halogens is 1. The summed E-state index contributed by atoms with van der Waals surface area (Å²) in [5.74, 6) is -0.275. The molecule has 4 aromatic rings. The first kappa shape index (κ1) is 28.8. The molecule has 2 atom stereocenters. The van der Waals surface area contributed by atoms with E-state index in [1.54, 1.807) is 12.3 Å². The Kier molecular flexibility index (Phi) is 8.18. The molecule has 0 spiro atoms. The maximum atomic E-state index is 12.1. The van der Waals surface area contributed by atoms with E-state index >= 15 is 0 Å². The number of amides is 1. The third-order valence-corrected chi connectivity index (χ3v) is 8.15. The van der Waals surface area contributed by atoms with Gasteiger partial charge in [-0.25, -0.2) is 0 Å². The van der Waals surface area contributed by atoms with E-state index in [0.29, 0.717) is 15.8 Å². The molecule has 1 fully saturated rings. The fraction of sp³-hybridized carbons (Fsp3) is 0.281. The number of ether oxygens (including phenoxy) is 1. The van der Waals surface area contributed by atoms with Crippen LogP contribution in [0.5, 0.6) is 0 Å². The molecule has 1 saturated heterocycles. The first-order chi connectivity index (χ1) is 19.6. The van der Waals surface area contributed by atoms with E-state index in [2.05, 4.69) is 72.9 Å². The highest BCUT2D eigenvalue weighted by Crippen LogP contribution is 2.45. The standard InChI is InChI=1S/C32H34ClN5O2S/c1-18-13-19(2)30(20(3)14-18)37-21(4)15-24(22(37)5)31-29(27-9-7-8-12-34-27)36-32(41)38(31)23-10-11-26(25(33)16-23)35-28(39)17-40-6/h7-16,29,31H,17H2,1-6H3,(H,35,39)(H,36,41)/t29-,31+/m0/s1. The van der Waals surface area contributed by atoms with Crippen molar-refractivity contribution in [3.63, 3.8) is 0 Å². The summed E-state index contributed by atoms with van der Waals surface area (Å²) < 4.78 is 7.27. The van der Waals surface area contributed by atoms with Crippen molar-refractivity contribution in [2.75, 3.05) is 23.9 Å². The number of thiocarbonyl (C=S) groups is 1. The Morgan fingerprint density at radius 3 is 2.44 bits per heavy atom. The number of nitrogens with one attached hydrogen (secondary N) is 2. The van der Waals surface area contributed by atoms with E-state index in [-0.39, 0.29) is 24.6 Å². The molecule has 1 amide bonds. The molecule has 0 radical (unpaired) electrons. The molecule has 2 aromatic heterocycles. The molecule has 9 heteroatoms. The lowest BCUT2D eigenvalue weighted by Crippen LogP contribution is -2.29. The van der Waals surface area contributed by atoms with Crippen molar-refractivity contribution >= 4 is 46.2 Å². The largest absolute Gasteiger partial charge is 0.375 e. The summed E-state index contributed by atoms with van der Waals surface area (Å²) in [5.41, 5.74) is 10.5. The first-order valence-corrected chi connectivity index (χ1v) is 14.3. The number of benzene rings is 2. The summed E-state index contributed by atoms with van der Waals surface area (Å²) in [6, 6.07) is 17.8. The van der Waals surface area contributed by atoms with Crippen LogP contribution in [0.2, 0.25) is 5.02 Å². The highest BCUT2D eigenvalue weighted by Gasteiger charge is 2.42. The Bertz CT molecular complexity index is 1610. The molecule has 3 heterocycles. The monoisotopic (exact) mass is 587 g/mol. The number of aromatic nitrogens is 2. The number of pyridine rings is 1. The van der Waals surface area contributed by atoms with E-state index in [0.717, 1.165) is 28.3 Å². The van der Waals surface area contributed by atoms with Gasteiger partial charge >= 0.3 is 0 Å². The first-order valence-electron chi connectivity index (χ1n) is 13.5. The number of nitrogens with zero attached hydrogens (tertiary/aromatic N) is 3. The van der Waals surface area contributed by atoms with Gasteiger partial charge in [0.1, 0.15) is 6.61 Å². The quantitative estimate of drug-likeness (QED) is 0.231. The Balaban J connectivity index is 1.64. The Morgan fingerprint density at radius 1 is 1.07 bits per heavy atom. The fourth-order valence-electron chi connectivity index (χ4n) is 5.98. The molecular formula is C32H34ClN5O2S. The number of carbonyl (C=O) groups excluding carboxylic acids is 1. The molecule has 0 unspecified atom stereocenters. The molecule has 212 valence electrons. The lowest BCUT2D eigenvalue weighted by Gasteiger charge is -2.29. The van der Waals surface area contributed by atoms with Gasteiger partial charge in [-0.2, -0.15) is 0 Å². The maximum absolute atomic E-state index is 12.1. The van der Waals surface area contributed by atoms with Gasteiger partial charge in [0.05, 0.1) is 34.2 Å². The zero-order valence-corrected chi connectivity index (χ0v) is 25.7. The molecule has 1 aliphatic heterocycles. The topological polar surface area (TPSA) is 71.4 Å². The minimum absolute atomic E-state index is 0.0540. The van der Waals surface area contributed by atoms with Crippen molar-refractivity contribution in [1.29, 1.82) is 0 Å². The Hall–Kier alpha value is -3.72. The molecule has 0 bridgehead atoms. The van der Waals surface area contributed by atoms with Crippen molar-refractivity contribution in [1.82, 2.24) is 14.9 Å². The summed E-state index contributed by atoms with van der Waals surface area (Å²) in [6.07, 6.45) is 1.80. The van der Waals surface area contributed by atoms with Crippen LogP contribution in [0.15, 0.2) is 60.8 Å². The van der Waals surface area contributed by atoms with Gasteiger partial charge in [0.15, 0.2) is 5.11 Å². The van der Waals surface area contributed by atoms with Crippen LogP contribution in [-0.2, 0) is 9.53 Å². The molecular weight excluding hydrogens is 554 g/mol. The third-order valence-electron chi connectivity index (χ3n) is 7.53. The van der Waals surface area contributed by atoms with E-state index in [1.807, 2.05) is 30.3 Å². The molecule has 41 heavy (non-hydrogen) atoms. The molecule has 2 N–H and O–H groups in total. The summed E-state index contributed by atoms with van der Waals surface area (Å²) >= 11 is 12.6. The molecule has 5 rings (SSSR count). The lowest BCUT2D eigenvalue weighted by atomic mass is 9.96. The van der Waals surface area contributed by atoms with Crippen LogP contribution < -0.4 is 15.5 Å². The van der Waals surface area contributed by atoms with E-state index in [4.69, 9.17) is 33.5 Å². The van der Waals surface area contributed by atoms with Crippen LogP contribution in [-0.4, -0.2) is 34.3 Å². The SMILES string of the molecule is COCC(=O)Nc1ccc(N2C(=S)N[C@@H](c3ccccn3)[C@H]2c2cc(C)n(-c3c(C)cc(C)cc3C)c2C)cc1Cl. The van der Waals surface area contributed by atoms with Gasteiger partial charge in [-0.05, 0) is 99.9 Å². The highest BCUT2D eigenvalue weighted by atomic mass is 35.5. The molecule has 7 nitrogen and oxygen atoms in total. The van der Waals surface area contributed by atoms with E-state index in [9.17, 15) is 4.79 Å². The van der Waals surface area contributed by atoms with Gasteiger partial charge in [0.25, 0.3) is 0 Å². The van der Waals surface area contributed by atoms with Gasteiger partial charge in [0.2, 0.25) is 5.91 Å². The second-order valence-electron chi connectivity index (χ2n) is 10.6. The van der Waals surface area contributed by atoms with Crippen molar-refractivity contribution in [2.24, 2.45) is 0 Å². The zero-order chi connectivity index (χ0) is 29.4. The Labute approximate surface area is 251 Å². The van der Waals surface area contributed by atoms with Crippen molar-refractivity contribution < 1.29 is 9.53 Å². The van der Waals surface area contributed by atoms with Crippen LogP contribution in [0.25, 0.3) is 5.69 Å². The number of rotatable bonds is 7. The van der Waals surface area contributed by atoms with Crippen LogP contribution in [0, 0.1) is 34.6 Å². The van der Waals surface area contributed by atoms with Gasteiger partial charge < -0.3 is 24.8 Å². The number of hydrogen-bond donors (Lipinski definition) is 2. The summed E-state index contributed by atoms with van der Waals surface area (Å²) in [7, 11) is 1.47. The minimum Gasteiger partial charge on any atom is -0.375 e. The maximum Gasteiger partial charge on any atom is 0.250 e. The number of aryl methyl sites for hydroxylation is 4. The lowest BCUT2D eigenvalue weighted by molar-refractivity contribution is -0.119. The molecule has 1 aliphatic rings. The Morgan fingerprint density at radius 2 is 1.80 bits per heavy atom. The number of anilines is 2. The highest BCUT2D eigenvalue weighted by molar-refractivity contribution is 7.80. The zero-order valence-electron chi connectivity index (χ0n) is 24.1. The van der Waals surface area contributed by atoms with Crippen molar-refractivity contribution in [3.05, 3.63) is 105 Å². The van der Waals surface area contributed by atoms with E-state index in [1.165, 1.54) is 29.5 Å². The van der Waals surface area contributed by atoms with Gasteiger partial charge in [0, 0.05) is 30.4 Å². The normalized spacial score (nSPS) is 16.7. The average Bonchev–Trinajstić information content (AvgIpc) is 3.41. The summed E-state index contributed by atoms with van der Waals surface area (Å²) in [6.45, 7) is 10.7. The van der Waals surface area contributed by atoms with Gasteiger partial charge in [-0.3, -0.25) is 9.78 Å². The molecule has 0 saturated carbocycles. The molecule has 0 aliphatic carbocycles. The second kappa shape index (κ2) is 11.6. The number of methoxy groups -OCH3 is 1. The molecule has 2 aromatic carbocycles. The van der Waals surface area contributed by atoms with Crippen LogP contribution in [0.4, 0.5) is 11.4 Å². The van der Waals surface area contributed by atoms with E-state index < -0.39 is 0 Å². The fourth-order valence-corrected chi connectivity index (χ4v) is 6.55. The predicted molar refractivity (Wildman–Crippen MR) is 169 cm³/mol. The average molecular weight is 588 g/mol. The van der Waals surface area contributed by atoms with Crippen molar-refractivity contribution in [3.8, 4) is 5.69 Å². The smallest absolute Gasteiger partial charge is 0.250 e. The minimum atomic E-state index is -0.275. The van der Waals surface area contributed by atoms with Gasteiger partial charge in [-0.15, -0.1) is 0 Å². The van der Waals surface area contributed by atoms with Gasteiger partial charge in [-0.1, -0.05) is 35.4 Å². The predicted octanol–water partition coefficient (Wildman–Crippen LogP) is 6.83. The second-order valence-corrected chi connectivity index (χ2v) is 11.3. The van der Waals surface area contributed by atoms with Crippen LogP contribution in [0.1, 0.15) is 51.4 Å². The summed E-state index contributed by atoms with van der Waals surface area (Å²) in [5, 5.41) is 7.31. The van der Waals surface area contributed by atoms with Crippen LogP contribution in [0.3, 0.4) is 0 Å². The third kappa shape index (κ3) is 5.47. The van der Waals surface area contributed by atoms with Crippen molar-refractivity contribution in [2.45, 2.75) is 46.7 Å².